The monoisotopic (exact) mass is 320 g/mol. The predicted octanol–water partition coefficient (Wildman–Crippen LogP) is 3.16. The Morgan fingerprint density at radius 3 is 2.68 bits per heavy atom. The van der Waals surface area contributed by atoms with Crippen LogP contribution >= 0.6 is 11.6 Å². The number of benzene rings is 1. The summed E-state index contributed by atoms with van der Waals surface area (Å²) in [6, 6.07) is 7.49. The van der Waals surface area contributed by atoms with E-state index in [1.165, 1.54) is 0 Å². The van der Waals surface area contributed by atoms with E-state index in [2.05, 4.69) is 4.98 Å². The number of hydrogen-bond donors (Lipinski definition) is 0. The molecule has 22 heavy (non-hydrogen) atoms. The fourth-order valence-corrected chi connectivity index (χ4v) is 2.71. The average Bonchev–Trinajstić information content (AvgIpc) is 2.86. The van der Waals surface area contributed by atoms with Crippen LogP contribution in [-0.2, 0) is 4.74 Å². The Hall–Kier alpha value is -1.85. The van der Waals surface area contributed by atoms with E-state index in [1.54, 1.807) is 18.7 Å². The summed E-state index contributed by atoms with van der Waals surface area (Å²) in [5, 5.41) is 0.681. The highest BCUT2D eigenvalue weighted by atomic mass is 35.5. The fourth-order valence-electron chi connectivity index (χ4n) is 2.59. The van der Waals surface area contributed by atoms with Crippen LogP contribution < -0.4 is 0 Å². The fraction of sp³-hybridized carbons (Fsp3) is 0.375. The summed E-state index contributed by atoms with van der Waals surface area (Å²) in [6.07, 6.45) is -0.153. The molecule has 0 bridgehead atoms. The number of hydrogen-bond acceptors (Lipinski definition) is 4. The highest BCUT2D eigenvalue weighted by Crippen LogP contribution is 2.25. The van der Waals surface area contributed by atoms with Gasteiger partial charge in [-0.05, 0) is 24.6 Å². The Balaban J connectivity index is 1.76. The van der Waals surface area contributed by atoms with E-state index in [9.17, 15) is 4.79 Å². The van der Waals surface area contributed by atoms with Gasteiger partial charge in [0, 0.05) is 18.5 Å². The van der Waals surface area contributed by atoms with Crippen molar-refractivity contribution in [3.8, 4) is 0 Å². The number of amides is 1. The van der Waals surface area contributed by atoms with E-state index < -0.39 is 0 Å². The van der Waals surface area contributed by atoms with Crippen LogP contribution in [-0.4, -0.2) is 35.5 Å². The van der Waals surface area contributed by atoms with Crippen molar-refractivity contribution in [2.45, 2.75) is 20.0 Å². The number of rotatable bonds is 2. The van der Waals surface area contributed by atoms with E-state index in [-0.39, 0.29) is 12.0 Å². The van der Waals surface area contributed by atoms with Gasteiger partial charge in [-0.3, -0.25) is 4.79 Å². The van der Waals surface area contributed by atoms with E-state index in [1.807, 2.05) is 24.3 Å². The lowest BCUT2D eigenvalue weighted by Crippen LogP contribution is -2.42. The summed E-state index contributed by atoms with van der Waals surface area (Å²) in [5.74, 6) is 0.679. The molecular formula is C16H17ClN2O3. The summed E-state index contributed by atoms with van der Waals surface area (Å²) in [5.41, 5.74) is 1.63. The highest BCUT2D eigenvalue weighted by Gasteiger charge is 2.29. The minimum atomic E-state index is -0.153. The van der Waals surface area contributed by atoms with Crippen molar-refractivity contribution < 1.29 is 13.9 Å². The lowest BCUT2D eigenvalue weighted by molar-refractivity contribution is -0.0238. The number of carbonyl (C=O) groups is 1. The molecule has 1 aromatic carbocycles. The number of morpholine rings is 1. The molecule has 1 aliphatic heterocycles. The molecule has 0 aliphatic carbocycles. The van der Waals surface area contributed by atoms with Gasteiger partial charge in [-0.2, -0.15) is 0 Å². The number of aromatic nitrogens is 1. The molecule has 2 heterocycles. The molecule has 116 valence electrons. The van der Waals surface area contributed by atoms with Crippen LogP contribution in [0.1, 0.15) is 33.8 Å². The van der Waals surface area contributed by atoms with E-state index >= 15 is 0 Å². The molecule has 0 unspecified atom stereocenters. The van der Waals surface area contributed by atoms with Gasteiger partial charge in [-0.25, -0.2) is 4.98 Å². The van der Waals surface area contributed by atoms with Gasteiger partial charge in [0.25, 0.3) is 5.91 Å². The van der Waals surface area contributed by atoms with Gasteiger partial charge < -0.3 is 14.1 Å². The molecular weight excluding hydrogens is 304 g/mol. The van der Waals surface area contributed by atoms with Crippen LogP contribution in [0, 0.1) is 13.8 Å². The van der Waals surface area contributed by atoms with Gasteiger partial charge in [0.2, 0.25) is 5.76 Å². The first kappa shape index (κ1) is 15.1. The number of oxazole rings is 1. The summed E-state index contributed by atoms with van der Waals surface area (Å²) >= 11 is 5.90. The lowest BCUT2D eigenvalue weighted by Gasteiger charge is -2.32. The molecule has 1 aliphatic rings. The molecule has 6 heteroatoms. The molecule has 1 fully saturated rings. The molecule has 3 rings (SSSR count). The van der Waals surface area contributed by atoms with Gasteiger partial charge in [-0.1, -0.05) is 23.7 Å². The van der Waals surface area contributed by atoms with E-state index in [0.29, 0.717) is 42.1 Å². The van der Waals surface area contributed by atoms with Crippen molar-refractivity contribution >= 4 is 17.5 Å². The lowest BCUT2D eigenvalue weighted by atomic mass is 10.1. The van der Waals surface area contributed by atoms with Crippen LogP contribution in [0.15, 0.2) is 28.7 Å². The zero-order chi connectivity index (χ0) is 15.7. The average molecular weight is 321 g/mol. The van der Waals surface area contributed by atoms with Crippen LogP contribution in [0.25, 0.3) is 0 Å². The second kappa shape index (κ2) is 6.10. The van der Waals surface area contributed by atoms with Gasteiger partial charge in [-0.15, -0.1) is 0 Å². The third-order valence-electron chi connectivity index (χ3n) is 3.69. The quantitative estimate of drug-likeness (QED) is 0.853. The number of carbonyl (C=O) groups excluding carboxylic acids is 1. The van der Waals surface area contributed by atoms with Gasteiger partial charge in [0.15, 0.2) is 5.89 Å². The molecule has 1 saturated heterocycles. The molecule has 1 aromatic heterocycles. The number of nitrogens with zero attached hydrogens (tertiary/aromatic N) is 2. The van der Waals surface area contributed by atoms with Gasteiger partial charge in [0.05, 0.1) is 18.8 Å². The maximum atomic E-state index is 12.6. The van der Waals surface area contributed by atoms with Gasteiger partial charge in [0.1, 0.15) is 6.10 Å². The maximum absolute atomic E-state index is 12.6. The molecule has 1 amide bonds. The number of halogens is 1. The van der Waals surface area contributed by atoms with Crippen LogP contribution in [0.5, 0.6) is 0 Å². The summed E-state index contributed by atoms with van der Waals surface area (Å²) in [6.45, 7) is 5.04. The highest BCUT2D eigenvalue weighted by molar-refractivity contribution is 6.30. The second-order valence-electron chi connectivity index (χ2n) is 5.31. The topological polar surface area (TPSA) is 55.6 Å². The Labute approximate surface area is 133 Å². The number of aryl methyl sites for hydroxylation is 2. The zero-order valence-electron chi connectivity index (χ0n) is 12.5. The summed E-state index contributed by atoms with van der Waals surface area (Å²) < 4.78 is 11.2. The van der Waals surface area contributed by atoms with Crippen molar-refractivity contribution in [1.29, 1.82) is 0 Å². The molecule has 0 radical (unpaired) electrons. The smallest absolute Gasteiger partial charge is 0.291 e. The zero-order valence-corrected chi connectivity index (χ0v) is 13.3. The molecule has 2 aromatic rings. The SMILES string of the molecule is Cc1nc(C)c(C(=O)N2CCO[C@@H](c3ccc(Cl)cc3)C2)o1. The molecule has 1 atom stereocenters. The minimum Gasteiger partial charge on any atom is -0.436 e. The van der Waals surface area contributed by atoms with Crippen molar-refractivity contribution in [1.82, 2.24) is 9.88 Å². The standard InChI is InChI=1S/C16H17ClN2O3/c1-10-15(22-11(2)18-10)16(20)19-7-8-21-14(9-19)12-3-5-13(17)6-4-12/h3-6,14H,7-9H2,1-2H3/t14-/m1/s1. The number of ether oxygens (including phenoxy) is 1. The Bertz CT molecular complexity index is 681. The first-order valence-electron chi connectivity index (χ1n) is 7.15. The summed E-state index contributed by atoms with van der Waals surface area (Å²) in [7, 11) is 0. The van der Waals surface area contributed by atoms with Crippen molar-refractivity contribution in [2.24, 2.45) is 0 Å². The van der Waals surface area contributed by atoms with Crippen LogP contribution in [0.3, 0.4) is 0 Å². The third kappa shape index (κ3) is 3.00. The van der Waals surface area contributed by atoms with Gasteiger partial charge >= 0.3 is 0 Å². The van der Waals surface area contributed by atoms with Crippen molar-refractivity contribution in [3.05, 3.63) is 52.2 Å². The third-order valence-corrected chi connectivity index (χ3v) is 3.95. The Morgan fingerprint density at radius 1 is 1.32 bits per heavy atom. The largest absolute Gasteiger partial charge is 0.436 e. The normalized spacial score (nSPS) is 18.5. The summed E-state index contributed by atoms with van der Waals surface area (Å²) in [4.78, 5) is 18.5. The Kier molecular flexibility index (Phi) is 4.18. The first-order chi connectivity index (χ1) is 10.5. The molecule has 5 nitrogen and oxygen atoms in total. The Morgan fingerprint density at radius 2 is 2.05 bits per heavy atom. The van der Waals surface area contributed by atoms with Crippen LogP contribution in [0.2, 0.25) is 5.02 Å². The molecule has 0 N–H and O–H groups in total. The van der Waals surface area contributed by atoms with E-state index in [0.717, 1.165) is 5.56 Å². The molecule has 0 spiro atoms. The maximum Gasteiger partial charge on any atom is 0.291 e. The predicted molar refractivity (Wildman–Crippen MR) is 82.0 cm³/mol. The second-order valence-corrected chi connectivity index (χ2v) is 5.75. The van der Waals surface area contributed by atoms with Crippen molar-refractivity contribution in [2.75, 3.05) is 19.7 Å². The first-order valence-corrected chi connectivity index (χ1v) is 7.53. The molecule has 0 saturated carbocycles. The van der Waals surface area contributed by atoms with Crippen molar-refractivity contribution in [3.63, 3.8) is 0 Å². The van der Waals surface area contributed by atoms with E-state index in [4.69, 9.17) is 20.8 Å². The minimum absolute atomic E-state index is 0.139. The van der Waals surface area contributed by atoms with Crippen LogP contribution in [0.4, 0.5) is 0 Å².